The third kappa shape index (κ3) is 3.23. The maximum atomic E-state index is 11.9. The first-order valence-corrected chi connectivity index (χ1v) is 9.67. The minimum atomic E-state index is -0.333. The van der Waals surface area contributed by atoms with Gasteiger partial charge in [-0.1, -0.05) is 18.2 Å². The number of hydrogen-bond donors (Lipinski definition) is 1. The molecule has 3 heterocycles. The van der Waals surface area contributed by atoms with Crippen LogP contribution in [-0.4, -0.2) is 57.9 Å². The van der Waals surface area contributed by atoms with Gasteiger partial charge in [0.25, 0.3) is 0 Å². The van der Waals surface area contributed by atoms with Crippen LogP contribution in [0.2, 0.25) is 0 Å². The Bertz CT molecular complexity index is 889. The summed E-state index contributed by atoms with van der Waals surface area (Å²) in [5.74, 6) is 0.404. The molecule has 2 saturated heterocycles. The van der Waals surface area contributed by atoms with Gasteiger partial charge in [-0.15, -0.1) is 0 Å². The summed E-state index contributed by atoms with van der Waals surface area (Å²) in [6, 6.07) is 8.47. The molecular formula is C21H28N4O2. The van der Waals surface area contributed by atoms with Gasteiger partial charge < -0.3 is 14.8 Å². The first-order chi connectivity index (χ1) is 12.9. The van der Waals surface area contributed by atoms with Crippen molar-refractivity contribution in [3.05, 3.63) is 36.0 Å². The average molecular weight is 368 g/mol. The first-order valence-electron chi connectivity index (χ1n) is 9.67. The molecule has 0 spiro atoms. The summed E-state index contributed by atoms with van der Waals surface area (Å²) in [5, 5.41) is 4.51. The molecule has 2 amide bonds. The van der Waals surface area contributed by atoms with E-state index < -0.39 is 0 Å². The van der Waals surface area contributed by atoms with Gasteiger partial charge in [0.1, 0.15) is 0 Å². The molecule has 0 saturated carbocycles. The number of nitrogens with zero attached hydrogens (tertiary/aromatic N) is 3. The monoisotopic (exact) mass is 368 g/mol. The molecule has 0 radical (unpaired) electrons. The van der Waals surface area contributed by atoms with Crippen LogP contribution >= 0.6 is 0 Å². The lowest BCUT2D eigenvalue weighted by Gasteiger charge is -2.44. The standard InChI is InChI=1S/C21H28N4O2/c1-15(26)22-21-13-24(9-8-18(21)12-25(14-21)16(2)27)11-17-10-23(3)20-7-5-4-6-19(17)20/h4-7,10,18H,8-9,11-14H2,1-3H3,(H,22,26)/t18-,21-/m1/s1. The van der Waals surface area contributed by atoms with Gasteiger partial charge in [0.15, 0.2) is 0 Å². The van der Waals surface area contributed by atoms with Gasteiger partial charge in [0.2, 0.25) is 11.8 Å². The van der Waals surface area contributed by atoms with E-state index in [4.69, 9.17) is 0 Å². The second-order valence-corrected chi connectivity index (χ2v) is 8.22. The number of aryl methyl sites for hydroxylation is 1. The highest BCUT2D eigenvalue weighted by Gasteiger charge is 2.50. The van der Waals surface area contributed by atoms with E-state index in [1.807, 2.05) is 4.90 Å². The van der Waals surface area contributed by atoms with Crippen LogP contribution in [-0.2, 0) is 23.2 Å². The lowest BCUT2D eigenvalue weighted by atomic mass is 9.80. The van der Waals surface area contributed by atoms with Crippen LogP contribution in [0.1, 0.15) is 25.8 Å². The van der Waals surface area contributed by atoms with Crippen molar-refractivity contribution in [2.24, 2.45) is 13.0 Å². The van der Waals surface area contributed by atoms with Crippen molar-refractivity contribution in [3.8, 4) is 0 Å². The highest BCUT2D eigenvalue weighted by Crippen LogP contribution is 2.36. The Labute approximate surface area is 160 Å². The molecule has 4 rings (SSSR count). The number of piperidine rings is 1. The molecule has 144 valence electrons. The molecule has 2 atom stereocenters. The van der Waals surface area contributed by atoms with Gasteiger partial charge in [-0.3, -0.25) is 14.5 Å². The number of carbonyl (C=O) groups is 2. The Hall–Kier alpha value is -2.34. The van der Waals surface area contributed by atoms with Crippen molar-refractivity contribution in [2.75, 3.05) is 26.2 Å². The van der Waals surface area contributed by atoms with E-state index in [-0.39, 0.29) is 17.4 Å². The normalized spacial score (nSPS) is 25.6. The first kappa shape index (κ1) is 18.0. The predicted molar refractivity (Wildman–Crippen MR) is 105 cm³/mol. The molecule has 1 N–H and O–H groups in total. The van der Waals surface area contributed by atoms with E-state index in [1.165, 1.54) is 16.5 Å². The van der Waals surface area contributed by atoms with Crippen molar-refractivity contribution in [2.45, 2.75) is 32.4 Å². The number of carbonyl (C=O) groups excluding carboxylic acids is 2. The fraction of sp³-hybridized carbons (Fsp3) is 0.524. The fourth-order valence-corrected chi connectivity index (χ4v) is 5.04. The molecule has 2 aliphatic heterocycles. The van der Waals surface area contributed by atoms with E-state index in [9.17, 15) is 9.59 Å². The number of likely N-dealkylation sites (tertiary alicyclic amines) is 2. The summed E-state index contributed by atoms with van der Waals surface area (Å²) in [4.78, 5) is 28.2. The van der Waals surface area contributed by atoms with Gasteiger partial charge in [-0.25, -0.2) is 0 Å². The number of fused-ring (bicyclic) bond motifs is 2. The van der Waals surface area contributed by atoms with Crippen LogP contribution in [0, 0.1) is 5.92 Å². The summed E-state index contributed by atoms with van der Waals surface area (Å²) in [5.41, 5.74) is 2.22. The minimum absolute atomic E-state index is 0.0163. The zero-order valence-electron chi connectivity index (χ0n) is 16.4. The van der Waals surface area contributed by atoms with E-state index in [0.29, 0.717) is 12.5 Å². The third-order valence-corrected chi connectivity index (χ3v) is 6.24. The molecule has 27 heavy (non-hydrogen) atoms. The number of nitrogens with one attached hydrogen (secondary N) is 1. The molecule has 6 heteroatoms. The Kier molecular flexibility index (Phi) is 4.46. The molecule has 0 bridgehead atoms. The number of aromatic nitrogens is 1. The largest absolute Gasteiger partial charge is 0.350 e. The SMILES string of the molecule is CC(=O)N[C@@]12CN(Cc3cn(C)c4ccccc34)CC[C@@H]1CN(C(C)=O)C2. The quantitative estimate of drug-likeness (QED) is 0.898. The molecule has 0 aliphatic carbocycles. The van der Waals surface area contributed by atoms with E-state index in [0.717, 1.165) is 32.6 Å². The molecular weight excluding hydrogens is 340 g/mol. The maximum absolute atomic E-state index is 11.9. The molecule has 1 aromatic carbocycles. The molecule has 2 aliphatic rings. The predicted octanol–water partition coefficient (Wildman–Crippen LogP) is 1.74. The summed E-state index contributed by atoms with van der Waals surface area (Å²) in [6.07, 6.45) is 3.20. The van der Waals surface area contributed by atoms with Gasteiger partial charge in [-0.2, -0.15) is 0 Å². The summed E-state index contributed by atoms with van der Waals surface area (Å²) in [6.45, 7) is 7.18. The molecule has 6 nitrogen and oxygen atoms in total. The second-order valence-electron chi connectivity index (χ2n) is 8.22. The number of benzene rings is 1. The van der Waals surface area contributed by atoms with Crippen molar-refractivity contribution in [3.63, 3.8) is 0 Å². The van der Waals surface area contributed by atoms with Crippen molar-refractivity contribution in [1.82, 2.24) is 19.7 Å². The van der Waals surface area contributed by atoms with E-state index in [2.05, 4.69) is 52.3 Å². The number of para-hydroxylation sites is 1. The van der Waals surface area contributed by atoms with Crippen molar-refractivity contribution >= 4 is 22.7 Å². The summed E-state index contributed by atoms with van der Waals surface area (Å²) in [7, 11) is 2.08. The Morgan fingerprint density at radius 2 is 2.00 bits per heavy atom. The average Bonchev–Trinajstić information content (AvgIpc) is 3.13. The lowest BCUT2D eigenvalue weighted by molar-refractivity contribution is -0.128. The van der Waals surface area contributed by atoms with Crippen LogP contribution in [0.4, 0.5) is 0 Å². The second kappa shape index (κ2) is 6.68. The molecule has 2 aromatic rings. The van der Waals surface area contributed by atoms with Crippen LogP contribution < -0.4 is 5.32 Å². The van der Waals surface area contributed by atoms with E-state index in [1.54, 1.807) is 13.8 Å². The van der Waals surface area contributed by atoms with Crippen molar-refractivity contribution in [1.29, 1.82) is 0 Å². The van der Waals surface area contributed by atoms with E-state index >= 15 is 0 Å². The van der Waals surface area contributed by atoms with Gasteiger partial charge in [-0.05, 0) is 24.6 Å². The fourth-order valence-electron chi connectivity index (χ4n) is 5.04. The molecule has 0 unspecified atom stereocenters. The van der Waals surface area contributed by atoms with Crippen LogP contribution in [0.5, 0.6) is 0 Å². The number of rotatable bonds is 3. The number of amides is 2. The topological polar surface area (TPSA) is 57.6 Å². The third-order valence-electron chi connectivity index (χ3n) is 6.24. The Morgan fingerprint density at radius 3 is 2.74 bits per heavy atom. The van der Waals surface area contributed by atoms with Crippen LogP contribution in [0.3, 0.4) is 0 Å². The molecule has 2 fully saturated rings. The lowest BCUT2D eigenvalue weighted by Crippen LogP contribution is -2.63. The Balaban J connectivity index is 1.58. The summed E-state index contributed by atoms with van der Waals surface area (Å²) < 4.78 is 2.17. The van der Waals surface area contributed by atoms with Gasteiger partial charge >= 0.3 is 0 Å². The highest BCUT2D eigenvalue weighted by atomic mass is 16.2. The zero-order valence-corrected chi connectivity index (χ0v) is 16.4. The van der Waals surface area contributed by atoms with Crippen molar-refractivity contribution < 1.29 is 9.59 Å². The zero-order chi connectivity index (χ0) is 19.2. The van der Waals surface area contributed by atoms with Crippen LogP contribution in [0.15, 0.2) is 30.5 Å². The highest BCUT2D eigenvalue weighted by molar-refractivity contribution is 5.83. The van der Waals surface area contributed by atoms with Gasteiger partial charge in [0, 0.05) is 70.1 Å². The maximum Gasteiger partial charge on any atom is 0.219 e. The van der Waals surface area contributed by atoms with Gasteiger partial charge in [0.05, 0.1) is 5.54 Å². The Morgan fingerprint density at radius 1 is 1.22 bits per heavy atom. The smallest absolute Gasteiger partial charge is 0.219 e. The molecule has 1 aromatic heterocycles. The minimum Gasteiger partial charge on any atom is -0.350 e. The number of hydrogen-bond acceptors (Lipinski definition) is 3. The summed E-state index contributed by atoms with van der Waals surface area (Å²) >= 11 is 0. The van der Waals surface area contributed by atoms with Crippen LogP contribution in [0.25, 0.3) is 10.9 Å².